The standard InChI is InChI=1S/C30H35Cl2N3O5S/c1-5-21(3)33-30(37)28(6-2)34(19-22-12-17-26(31)27(32)18-22)29(36)20-35(23-13-15-24(40-4)16-14-23)41(38,39)25-10-8-7-9-11-25/h7-18,21,28H,5-6,19-20H2,1-4H3,(H,33,37)/t21-,28+/m1/s1. The van der Waals surface area contributed by atoms with Crippen molar-refractivity contribution in [2.45, 2.75) is 57.1 Å². The van der Waals surface area contributed by atoms with Gasteiger partial charge in [0.1, 0.15) is 18.3 Å². The monoisotopic (exact) mass is 619 g/mol. The van der Waals surface area contributed by atoms with E-state index in [1.54, 1.807) is 67.6 Å². The quantitative estimate of drug-likeness (QED) is 0.256. The Balaban J connectivity index is 2.06. The molecule has 8 nitrogen and oxygen atoms in total. The number of methoxy groups -OCH3 is 1. The summed E-state index contributed by atoms with van der Waals surface area (Å²) < 4.78 is 34.0. The zero-order chi connectivity index (χ0) is 30.2. The van der Waals surface area contributed by atoms with Gasteiger partial charge < -0.3 is 15.0 Å². The molecule has 41 heavy (non-hydrogen) atoms. The number of nitrogens with zero attached hydrogens (tertiary/aromatic N) is 2. The van der Waals surface area contributed by atoms with E-state index in [-0.39, 0.29) is 29.1 Å². The summed E-state index contributed by atoms with van der Waals surface area (Å²) in [6, 6.07) is 18.3. The molecule has 2 atom stereocenters. The first kappa shape index (κ1) is 32.2. The van der Waals surface area contributed by atoms with Crippen molar-refractivity contribution < 1.29 is 22.7 Å². The topological polar surface area (TPSA) is 96.0 Å². The first-order valence-corrected chi connectivity index (χ1v) is 15.5. The van der Waals surface area contributed by atoms with E-state index in [9.17, 15) is 18.0 Å². The molecule has 0 radical (unpaired) electrons. The smallest absolute Gasteiger partial charge is 0.264 e. The van der Waals surface area contributed by atoms with Gasteiger partial charge in [0.15, 0.2) is 0 Å². The number of anilines is 1. The van der Waals surface area contributed by atoms with Crippen molar-refractivity contribution in [3.63, 3.8) is 0 Å². The summed E-state index contributed by atoms with van der Waals surface area (Å²) in [4.78, 5) is 28.9. The molecule has 0 spiro atoms. The van der Waals surface area contributed by atoms with Crippen molar-refractivity contribution in [1.29, 1.82) is 0 Å². The molecule has 3 aromatic carbocycles. The highest BCUT2D eigenvalue weighted by molar-refractivity contribution is 7.92. The predicted octanol–water partition coefficient (Wildman–Crippen LogP) is 5.92. The number of hydrogen-bond donors (Lipinski definition) is 1. The van der Waals surface area contributed by atoms with Crippen molar-refractivity contribution in [2.75, 3.05) is 18.0 Å². The van der Waals surface area contributed by atoms with Gasteiger partial charge in [-0.25, -0.2) is 8.42 Å². The maximum Gasteiger partial charge on any atom is 0.264 e. The maximum atomic E-state index is 14.1. The van der Waals surface area contributed by atoms with Gasteiger partial charge >= 0.3 is 0 Å². The Kier molecular flexibility index (Phi) is 11.5. The number of halogens is 2. The molecule has 0 fully saturated rings. The van der Waals surface area contributed by atoms with Crippen LogP contribution in [0.4, 0.5) is 5.69 Å². The number of nitrogens with one attached hydrogen (secondary N) is 1. The molecule has 0 aliphatic carbocycles. The number of benzene rings is 3. The normalized spacial score (nSPS) is 12.7. The largest absolute Gasteiger partial charge is 0.497 e. The molecule has 11 heteroatoms. The third-order valence-corrected chi connectivity index (χ3v) is 9.22. The zero-order valence-electron chi connectivity index (χ0n) is 23.5. The first-order valence-electron chi connectivity index (χ1n) is 13.3. The summed E-state index contributed by atoms with van der Waals surface area (Å²) in [7, 11) is -2.65. The molecule has 0 saturated carbocycles. The highest BCUT2D eigenvalue weighted by Crippen LogP contribution is 2.28. The lowest BCUT2D eigenvalue weighted by Gasteiger charge is -2.33. The molecular formula is C30H35Cl2N3O5S. The minimum Gasteiger partial charge on any atom is -0.497 e. The summed E-state index contributed by atoms with van der Waals surface area (Å²) in [5, 5.41) is 3.61. The molecule has 2 amide bonds. The number of amides is 2. The Morgan fingerprint density at radius 3 is 2.15 bits per heavy atom. The van der Waals surface area contributed by atoms with Crippen LogP contribution >= 0.6 is 23.2 Å². The number of sulfonamides is 1. The Morgan fingerprint density at radius 2 is 1.59 bits per heavy atom. The summed E-state index contributed by atoms with van der Waals surface area (Å²) in [6.07, 6.45) is 1.02. The second kappa shape index (κ2) is 14.6. The van der Waals surface area contributed by atoms with E-state index in [2.05, 4.69) is 5.32 Å². The van der Waals surface area contributed by atoms with Gasteiger partial charge in [0.25, 0.3) is 10.0 Å². The van der Waals surface area contributed by atoms with Crippen LogP contribution in [-0.2, 0) is 26.2 Å². The van der Waals surface area contributed by atoms with Gasteiger partial charge in [0, 0.05) is 12.6 Å². The number of ether oxygens (including phenoxy) is 1. The van der Waals surface area contributed by atoms with Crippen LogP contribution in [-0.4, -0.2) is 50.9 Å². The van der Waals surface area contributed by atoms with Gasteiger partial charge in [-0.2, -0.15) is 0 Å². The third kappa shape index (κ3) is 8.15. The number of carbonyl (C=O) groups excluding carboxylic acids is 2. The first-order chi connectivity index (χ1) is 19.5. The Labute approximate surface area is 252 Å². The van der Waals surface area contributed by atoms with Crippen molar-refractivity contribution >= 4 is 50.7 Å². The molecule has 0 heterocycles. The lowest BCUT2D eigenvalue weighted by atomic mass is 10.1. The second-order valence-corrected chi connectivity index (χ2v) is 12.2. The average Bonchev–Trinajstić information content (AvgIpc) is 2.97. The molecule has 0 saturated heterocycles. The molecule has 0 bridgehead atoms. The molecule has 1 N–H and O–H groups in total. The van der Waals surface area contributed by atoms with E-state index >= 15 is 0 Å². The highest BCUT2D eigenvalue weighted by atomic mass is 35.5. The van der Waals surface area contributed by atoms with Crippen molar-refractivity contribution in [3.05, 3.63) is 88.4 Å². The van der Waals surface area contributed by atoms with E-state index in [1.165, 1.54) is 24.1 Å². The molecule has 0 aromatic heterocycles. The van der Waals surface area contributed by atoms with Crippen molar-refractivity contribution in [2.24, 2.45) is 0 Å². The minimum atomic E-state index is -4.16. The summed E-state index contributed by atoms with van der Waals surface area (Å²) in [5.74, 6) is -0.346. The Morgan fingerprint density at radius 1 is 0.927 bits per heavy atom. The van der Waals surface area contributed by atoms with Gasteiger partial charge in [0.05, 0.1) is 27.7 Å². The molecule has 220 valence electrons. The summed E-state index contributed by atoms with van der Waals surface area (Å²) >= 11 is 12.3. The van der Waals surface area contributed by atoms with Crippen LogP contribution in [0.2, 0.25) is 10.0 Å². The van der Waals surface area contributed by atoms with Crippen LogP contribution in [0, 0.1) is 0 Å². The van der Waals surface area contributed by atoms with Gasteiger partial charge in [-0.3, -0.25) is 13.9 Å². The SMILES string of the molecule is CC[C@@H](C)NC(=O)[C@H](CC)N(Cc1ccc(Cl)c(Cl)c1)C(=O)CN(c1ccc(OC)cc1)S(=O)(=O)c1ccccc1. The van der Waals surface area contributed by atoms with E-state index in [1.807, 2.05) is 13.8 Å². The molecule has 0 aliphatic heterocycles. The molecular weight excluding hydrogens is 585 g/mol. The Hall–Kier alpha value is -3.27. The lowest BCUT2D eigenvalue weighted by Crippen LogP contribution is -2.53. The van der Waals surface area contributed by atoms with E-state index < -0.39 is 28.5 Å². The van der Waals surface area contributed by atoms with Gasteiger partial charge in [-0.1, -0.05) is 61.3 Å². The van der Waals surface area contributed by atoms with Crippen molar-refractivity contribution in [3.8, 4) is 5.75 Å². The van der Waals surface area contributed by atoms with E-state index in [4.69, 9.17) is 27.9 Å². The number of rotatable bonds is 13. The van der Waals surface area contributed by atoms with Crippen molar-refractivity contribution in [1.82, 2.24) is 10.2 Å². The fourth-order valence-electron chi connectivity index (χ4n) is 4.19. The van der Waals surface area contributed by atoms with Crippen LogP contribution in [0.25, 0.3) is 0 Å². The maximum absolute atomic E-state index is 14.1. The fraction of sp³-hybridized carbons (Fsp3) is 0.333. The van der Waals surface area contributed by atoms with Crippen LogP contribution in [0.3, 0.4) is 0 Å². The van der Waals surface area contributed by atoms with Crippen LogP contribution < -0.4 is 14.4 Å². The lowest BCUT2D eigenvalue weighted by molar-refractivity contribution is -0.140. The molecule has 3 aromatic rings. The van der Waals surface area contributed by atoms with Crippen LogP contribution in [0.15, 0.2) is 77.7 Å². The number of carbonyl (C=O) groups is 2. The third-order valence-electron chi connectivity index (χ3n) is 6.69. The summed E-state index contributed by atoms with van der Waals surface area (Å²) in [5.41, 5.74) is 0.916. The summed E-state index contributed by atoms with van der Waals surface area (Å²) in [6.45, 7) is 5.11. The molecule has 3 rings (SSSR count). The second-order valence-electron chi connectivity index (χ2n) is 9.53. The predicted molar refractivity (Wildman–Crippen MR) is 163 cm³/mol. The van der Waals surface area contributed by atoms with Crippen LogP contribution in [0.1, 0.15) is 39.2 Å². The van der Waals surface area contributed by atoms with Gasteiger partial charge in [0.2, 0.25) is 11.8 Å². The van der Waals surface area contributed by atoms with E-state index in [0.29, 0.717) is 34.2 Å². The highest BCUT2D eigenvalue weighted by Gasteiger charge is 2.34. The van der Waals surface area contributed by atoms with Gasteiger partial charge in [-0.05, 0) is 73.9 Å². The number of hydrogen-bond acceptors (Lipinski definition) is 5. The minimum absolute atomic E-state index is 0.0178. The van der Waals surface area contributed by atoms with Crippen LogP contribution in [0.5, 0.6) is 5.75 Å². The van der Waals surface area contributed by atoms with Gasteiger partial charge in [-0.15, -0.1) is 0 Å². The zero-order valence-corrected chi connectivity index (χ0v) is 25.8. The molecule has 0 aliphatic rings. The Bertz CT molecular complexity index is 1440. The average molecular weight is 621 g/mol. The molecule has 0 unspecified atom stereocenters. The van der Waals surface area contributed by atoms with E-state index in [0.717, 1.165) is 4.31 Å². The fourth-order valence-corrected chi connectivity index (χ4v) is 5.95.